The lowest BCUT2D eigenvalue weighted by Gasteiger charge is -1.96. The van der Waals surface area contributed by atoms with E-state index in [-0.39, 0.29) is 0 Å². The minimum Gasteiger partial charge on any atom is -0.354 e. The summed E-state index contributed by atoms with van der Waals surface area (Å²) >= 11 is 8.55. The third-order valence-corrected chi connectivity index (χ3v) is 3.77. The molecule has 0 fully saturated rings. The number of rotatable bonds is 0. The van der Waals surface area contributed by atoms with Gasteiger partial charge in [0.15, 0.2) is 0 Å². The Balaban J connectivity index is 2.66. The smallest absolute Gasteiger partial charge is 0.0615 e. The maximum absolute atomic E-state index is 6.23. The van der Waals surface area contributed by atoms with E-state index in [0.29, 0.717) is 0 Å². The van der Waals surface area contributed by atoms with Crippen molar-refractivity contribution >= 4 is 56.0 Å². The summed E-state index contributed by atoms with van der Waals surface area (Å²) in [6.45, 7) is 0. The predicted molar refractivity (Wildman–Crippen MR) is 73.5 cm³/mol. The standard InChI is InChI=1S/C12H7ClIN/c13-8-5-6-9(14)12-11(8)7-3-1-2-4-10(7)15-12/h1-6,15H. The van der Waals surface area contributed by atoms with Gasteiger partial charge in [0.1, 0.15) is 0 Å². The molecule has 3 heteroatoms. The van der Waals surface area contributed by atoms with Gasteiger partial charge >= 0.3 is 0 Å². The van der Waals surface area contributed by atoms with Gasteiger partial charge in [0.2, 0.25) is 0 Å². The molecule has 0 unspecified atom stereocenters. The number of para-hydroxylation sites is 1. The van der Waals surface area contributed by atoms with Crippen LogP contribution < -0.4 is 0 Å². The molecule has 3 aromatic rings. The van der Waals surface area contributed by atoms with Crippen LogP contribution in [-0.2, 0) is 0 Å². The average Bonchev–Trinajstić information content (AvgIpc) is 2.64. The number of fused-ring (bicyclic) bond motifs is 3. The molecule has 0 aliphatic rings. The first kappa shape index (κ1) is 9.48. The highest BCUT2D eigenvalue weighted by Gasteiger charge is 2.09. The number of nitrogens with one attached hydrogen (secondary N) is 1. The fourth-order valence-electron chi connectivity index (χ4n) is 1.88. The Hall–Kier alpha value is -0.740. The number of H-pyrrole nitrogens is 1. The van der Waals surface area contributed by atoms with Crippen LogP contribution >= 0.6 is 34.2 Å². The van der Waals surface area contributed by atoms with E-state index in [1.165, 1.54) is 8.96 Å². The minimum absolute atomic E-state index is 0.808. The minimum atomic E-state index is 0.808. The van der Waals surface area contributed by atoms with Gasteiger partial charge < -0.3 is 4.98 Å². The quantitative estimate of drug-likeness (QED) is 0.582. The molecule has 1 nitrogen and oxygen atoms in total. The van der Waals surface area contributed by atoms with E-state index < -0.39 is 0 Å². The number of hydrogen-bond donors (Lipinski definition) is 1. The highest BCUT2D eigenvalue weighted by Crippen LogP contribution is 2.33. The molecular weight excluding hydrogens is 320 g/mol. The maximum Gasteiger partial charge on any atom is 0.0615 e. The summed E-state index contributed by atoms with van der Waals surface area (Å²) < 4.78 is 1.20. The lowest BCUT2D eigenvalue weighted by molar-refractivity contribution is 1.53. The zero-order valence-electron chi connectivity index (χ0n) is 7.72. The van der Waals surface area contributed by atoms with Gasteiger partial charge in [-0.15, -0.1) is 0 Å². The Morgan fingerprint density at radius 2 is 1.87 bits per heavy atom. The van der Waals surface area contributed by atoms with E-state index in [2.05, 4.69) is 39.7 Å². The predicted octanol–water partition coefficient (Wildman–Crippen LogP) is 4.58. The Kier molecular flexibility index (Phi) is 2.14. The number of aromatic nitrogens is 1. The molecule has 1 N–H and O–H groups in total. The summed E-state index contributed by atoms with van der Waals surface area (Å²) in [4.78, 5) is 3.40. The second-order valence-corrected chi connectivity index (χ2v) is 5.02. The van der Waals surface area contributed by atoms with E-state index in [1.54, 1.807) is 0 Å². The first-order valence-electron chi connectivity index (χ1n) is 4.62. The van der Waals surface area contributed by atoms with Crippen LogP contribution in [0, 0.1) is 3.57 Å². The number of benzene rings is 2. The zero-order valence-corrected chi connectivity index (χ0v) is 10.6. The first-order valence-corrected chi connectivity index (χ1v) is 6.07. The molecule has 0 saturated carbocycles. The molecule has 1 heterocycles. The van der Waals surface area contributed by atoms with E-state index in [1.807, 2.05) is 24.3 Å². The van der Waals surface area contributed by atoms with Crippen LogP contribution in [0.2, 0.25) is 5.02 Å². The molecule has 0 bridgehead atoms. The molecule has 0 saturated heterocycles. The van der Waals surface area contributed by atoms with Crippen LogP contribution in [0.4, 0.5) is 0 Å². The van der Waals surface area contributed by atoms with Crippen molar-refractivity contribution in [3.63, 3.8) is 0 Å². The van der Waals surface area contributed by atoms with Gasteiger partial charge in [-0.2, -0.15) is 0 Å². The molecule has 0 aliphatic heterocycles. The van der Waals surface area contributed by atoms with Crippen LogP contribution in [0.5, 0.6) is 0 Å². The summed E-state index contributed by atoms with van der Waals surface area (Å²) in [6.07, 6.45) is 0. The van der Waals surface area contributed by atoms with Crippen LogP contribution in [0.1, 0.15) is 0 Å². The molecule has 0 atom stereocenters. The van der Waals surface area contributed by atoms with Gasteiger partial charge in [0.05, 0.1) is 10.5 Å². The van der Waals surface area contributed by atoms with Crippen molar-refractivity contribution in [3.05, 3.63) is 45.0 Å². The number of hydrogen-bond acceptors (Lipinski definition) is 0. The molecule has 2 aromatic carbocycles. The lowest BCUT2D eigenvalue weighted by atomic mass is 10.1. The molecule has 0 radical (unpaired) electrons. The normalized spacial score (nSPS) is 11.3. The monoisotopic (exact) mass is 327 g/mol. The molecular formula is C12H7ClIN. The van der Waals surface area contributed by atoms with E-state index >= 15 is 0 Å². The molecule has 74 valence electrons. The third-order valence-electron chi connectivity index (χ3n) is 2.56. The maximum atomic E-state index is 6.23. The second-order valence-electron chi connectivity index (χ2n) is 3.45. The summed E-state index contributed by atoms with van der Waals surface area (Å²) in [5.41, 5.74) is 2.27. The Bertz CT molecular complexity index is 657. The van der Waals surface area contributed by atoms with E-state index in [4.69, 9.17) is 11.6 Å². The van der Waals surface area contributed by atoms with Gasteiger partial charge in [-0.05, 0) is 40.8 Å². The number of aromatic amines is 1. The van der Waals surface area contributed by atoms with Crippen molar-refractivity contribution in [2.75, 3.05) is 0 Å². The molecule has 0 spiro atoms. The number of halogens is 2. The SMILES string of the molecule is Clc1ccc(I)c2[nH]c3ccccc3c12. The second kappa shape index (κ2) is 3.39. The molecule has 0 aliphatic carbocycles. The molecule has 3 rings (SSSR count). The van der Waals surface area contributed by atoms with Gasteiger partial charge in [-0.25, -0.2) is 0 Å². The van der Waals surface area contributed by atoms with Crippen LogP contribution in [0.25, 0.3) is 21.8 Å². The summed E-state index contributed by atoms with van der Waals surface area (Å²) in [7, 11) is 0. The van der Waals surface area contributed by atoms with Gasteiger partial charge in [-0.3, -0.25) is 0 Å². The van der Waals surface area contributed by atoms with Crippen molar-refractivity contribution in [2.24, 2.45) is 0 Å². The zero-order chi connectivity index (χ0) is 10.4. The summed E-state index contributed by atoms with van der Waals surface area (Å²) in [5.74, 6) is 0. The van der Waals surface area contributed by atoms with E-state index in [0.717, 1.165) is 21.4 Å². The van der Waals surface area contributed by atoms with Crippen LogP contribution in [0.15, 0.2) is 36.4 Å². The van der Waals surface area contributed by atoms with Crippen molar-refractivity contribution in [3.8, 4) is 0 Å². The molecule has 0 amide bonds. The first-order chi connectivity index (χ1) is 7.27. The topological polar surface area (TPSA) is 15.8 Å². The lowest BCUT2D eigenvalue weighted by Crippen LogP contribution is -1.75. The molecule has 1 aromatic heterocycles. The molecule has 15 heavy (non-hydrogen) atoms. The Labute approximate surface area is 106 Å². The van der Waals surface area contributed by atoms with Gasteiger partial charge in [-0.1, -0.05) is 29.8 Å². The fourth-order valence-corrected chi connectivity index (χ4v) is 2.73. The Morgan fingerprint density at radius 1 is 1.07 bits per heavy atom. The van der Waals surface area contributed by atoms with Gasteiger partial charge in [0, 0.05) is 19.9 Å². The largest absolute Gasteiger partial charge is 0.354 e. The summed E-state index contributed by atoms with van der Waals surface area (Å²) in [5, 5.41) is 3.12. The van der Waals surface area contributed by atoms with E-state index in [9.17, 15) is 0 Å². The fraction of sp³-hybridized carbons (Fsp3) is 0. The summed E-state index contributed by atoms with van der Waals surface area (Å²) in [6, 6.07) is 12.2. The van der Waals surface area contributed by atoms with Gasteiger partial charge in [0.25, 0.3) is 0 Å². The van der Waals surface area contributed by atoms with Crippen molar-refractivity contribution < 1.29 is 0 Å². The van der Waals surface area contributed by atoms with Crippen molar-refractivity contribution in [1.29, 1.82) is 0 Å². The van der Waals surface area contributed by atoms with Crippen molar-refractivity contribution in [1.82, 2.24) is 4.98 Å². The average molecular weight is 328 g/mol. The highest BCUT2D eigenvalue weighted by molar-refractivity contribution is 14.1. The van der Waals surface area contributed by atoms with Crippen LogP contribution in [0.3, 0.4) is 0 Å². The third kappa shape index (κ3) is 1.35. The highest BCUT2D eigenvalue weighted by atomic mass is 127. The Morgan fingerprint density at radius 3 is 2.73 bits per heavy atom. The van der Waals surface area contributed by atoms with Crippen LogP contribution in [-0.4, -0.2) is 4.98 Å². The van der Waals surface area contributed by atoms with Crippen molar-refractivity contribution in [2.45, 2.75) is 0 Å².